The molecular weight excluding hydrogens is 1110 g/mol. The number of ether oxygens (including phenoxy) is 3. The van der Waals surface area contributed by atoms with Gasteiger partial charge < -0.3 is 35.9 Å². The van der Waals surface area contributed by atoms with Crippen molar-refractivity contribution in [3.8, 4) is 22.5 Å². The molecule has 0 spiro atoms. The molecule has 0 unspecified atom stereocenters. The van der Waals surface area contributed by atoms with Crippen LogP contribution in [0.15, 0.2) is 109 Å². The average Bonchev–Trinajstić information content (AvgIpc) is 3.85. The van der Waals surface area contributed by atoms with Crippen molar-refractivity contribution in [2.45, 2.75) is 60.6 Å². The maximum absolute atomic E-state index is 13.4. The molecule has 0 saturated heterocycles. The molecule has 1 amide bonds. The third-order valence-corrected chi connectivity index (χ3v) is 12.5. The summed E-state index contributed by atoms with van der Waals surface area (Å²) in [6, 6.07) is 28.6. The highest BCUT2D eigenvalue weighted by Gasteiger charge is 2.32. The largest absolute Gasteiger partial charge is 0.515 e. The van der Waals surface area contributed by atoms with Crippen LogP contribution in [0.1, 0.15) is 59.6 Å². The number of aromatic nitrogens is 6. The van der Waals surface area contributed by atoms with Crippen molar-refractivity contribution in [2.24, 2.45) is 14.1 Å². The van der Waals surface area contributed by atoms with Gasteiger partial charge in [0.1, 0.15) is 23.0 Å². The first-order valence-corrected chi connectivity index (χ1v) is 25.6. The van der Waals surface area contributed by atoms with Gasteiger partial charge >= 0.3 is 20.2 Å². The molecule has 5 N–H and O–H groups in total. The number of rotatable bonds is 12. The van der Waals surface area contributed by atoms with E-state index in [0.717, 1.165) is 96.6 Å². The number of nitrogens with zero attached hydrogens (tertiary/aromatic N) is 7. The van der Waals surface area contributed by atoms with Crippen LogP contribution in [0.5, 0.6) is 0 Å². The lowest BCUT2D eigenvalue weighted by Gasteiger charge is -2.28. The number of alkyl halides is 6. The van der Waals surface area contributed by atoms with E-state index >= 15 is 0 Å². The van der Waals surface area contributed by atoms with Crippen LogP contribution in [0.2, 0.25) is 0 Å². The Kier molecular flexibility index (Phi) is 20.0. The lowest BCUT2D eigenvalue weighted by atomic mass is 10.0. The lowest BCUT2D eigenvalue weighted by molar-refractivity contribution is 0.0508. The molecule has 0 radical (unpaired) electrons. The number of pyridine rings is 2. The molecule has 0 fully saturated rings. The van der Waals surface area contributed by atoms with E-state index in [9.17, 15) is 18.4 Å². The first-order valence-electron chi connectivity index (χ1n) is 23.3. The van der Waals surface area contributed by atoms with Crippen molar-refractivity contribution in [3.63, 3.8) is 0 Å². The van der Waals surface area contributed by atoms with Crippen LogP contribution < -0.4 is 16.8 Å². The Balaban J connectivity index is 0.000000205. The monoisotopic (exact) mass is 1160 g/mol. The Morgan fingerprint density at radius 3 is 1.53 bits per heavy atom. The Bertz CT molecular complexity index is 3280. The number of carbonyl (C=O) groups excluding carboxylic acids is 2. The zero-order chi connectivity index (χ0) is 55.6. The summed E-state index contributed by atoms with van der Waals surface area (Å²) >= 11 is 30.2. The lowest BCUT2D eigenvalue weighted by Crippen LogP contribution is -2.35. The SMILES string of the molecule is COC(=O)N(CCc1cc2c(-c3ccnc(C)c3)nn(C)c2cc1N)[C@H](C)c1ccc(F)cc1.Cc1cc(-c2nn(C)c3cc(N)c(CCN[C@H](C)c4ccc(F)cc4)cc23)ccn1.O=C(OC(Cl)(Cl)Cl)OC(Cl)(Cl)Cl. The van der Waals surface area contributed by atoms with Crippen LogP contribution >= 0.6 is 69.6 Å². The molecule has 8 rings (SSSR count). The van der Waals surface area contributed by atoms with Crippen LogP contribution in [0, 0.1) is 25.5 Å². The van der Waals surface area contributed by atoms with Gasteiger partial charge in [-0.15, -0.1) is 0 Å². The number of fused-ring (bicyclic) bond motifs is 2. The molecule has 4 aromatic carbocycles. The summed E-state index contributed by atoms with van der Waals surface area (Å²) in [5.74, 6) is -0.540. The number of hydrogen-bond donors (Lipinski definition) is 3. The predicted molar refractivity (Wildman–Crippen MR) is 298 cm³/mol. The molecule has 0 aliphatic rings. The molecule has 0 bridgehead atoms. The van der Waals surface area contributed by atoms with Crippen LogP contribution in [0.25, 0.3) is 44.3 Å². The summed E-state index contributed by atoms with van der Waals surface area (Å²) in [7, 11) is 5.18. The van der Waals surface area contributed by atoms with E-state index in [2.05, 4.69) is 37.7 Å². The van der Waals surface area contributed by atoms with Gasteiger partial charge in [-0.25, -0.2) is 18.4 Å². The van der Waals surface area contributed by atoms with E-state index in [1.807, 2.05) is 105 Å². The van der Waals surface area contributed by atoms with Crippen molar-refractivity contribution < 1.29 is 32.6 Å². The number of halogens is 8. The Hall–Kier alpha value is -6.18. The fourth-order valence-corrected chi connectivity index (χ4v) is 8.58. The standard InChI is InChI=1S/C26H28FN5O2.C24H26FN5.C3Cl6O3/c1-16-13-20(9-11-29-16)25-22-14-19(23(28)15-24(22)31(3)30-25)10-12-32(26(33)34-4)17(2)18-5-7-21(27)8-6-18;1-15-12-19(9-10-27-15)24-21-13-18(22(26)14-23(21)30(3)29-24)8-11-28-16(2)17-4-6-20(25)7-5-17;4-2(5,6)11-1(10)12-3(7,8)9/h5-9,11,13-15,17H,10,12,28H2,1-4H3;4-7,9-10,12-14,16,28H,8,11,26H2,1-3H3;/t17-;16-;/m11./s1. The highest BCUT2D eigenvalue weighted by molar-refractivity contribution is 6.67. The molecule has 2 atom stereocenters. The predicted octanol–water partition coefficient (Wildman–Crippen LogP) is 13.4. The summed E-state index contributed by atoms with van der Waals surface area (Å²) in [5, 5.41) is 15.0. The Morgan fingerprint density at radius 2 is 1.11 bits per heavy atom. The van der Waals surface area contributed by atoms with E-state index < -0.39 is 20.2 Å². The van der Waals surface area contributed by atoms with Crippen LogP contribution in [-0.2, 0) is 41.1 Å². The molecule has 76 heavy (non-hydrogen) atoms. The molecule has 0 aliphatic carbocycles. The first-order chi connectivity index (χ1) is 35.8. The fourth-order valence-electron chi connectivity index (χ4n) is 8.20. The summed E-state index contributed by atoms with van der Waals surface area (Å²) in [5.41, 5.74) is 25.6. The van der Waals surface area contributed by atoms with Gasteiger partial charge in [0.05, 0.1) is 24.2 Å². The number of nitrogens with two attached hydrogens (primary N) is 2. The van der Waals surface area contributed by atoms with Crippen molar-refractivity contribution >= 4 is 115 Å². The van der Waals surface area contributed by atoms with Crippen LogP contribution in [0.3, 0.4) is 0 Å². The second-order valence-electron chi connectivity index (χ2n) is 17.4. The molecule has 4 heterocycles. The van der Waals surface area contributed by atoms with Gasteiger partial charge in [-0.1, -0.05) is 24.3 Å². The zero-order valence-electron chi connectivity index (χ0n) is 42.2. The number of carbonyl (C=O) groups is 2. The van der Waals surface area contributed by atoms with Gasteiger partial charge in [0.2, 0.25) is 0 Å². The summed E-state index contributed by atoms with van der Waals surface area (Å²) in [4.78, 5) is 33.3. The number of amides is 1. The maximum atomic E-state index is 13.4. The second kappa shape index (κ2) is 25.8. The van der Waals surface area contributed by atoms with E-state index in [1.165, 1.54) is 31.4 Å². The minimum atomic E-state index is -2.24. The van der Waals surface area contributed by atoms with Crippen molar-refractivity contribution in [3.05, 3.63) is 155 Å². The number of hydrogen-bond acceptors (Lipinski definition) is 12. The summed E-state index contributed by atoms with van der Waals surface area (Å²) in [6.45, 7) is 9.03. The van der Waals surface area contributed by atoms with Gasteiger partial charge in [-0.3, -0.25) is 19.3 Å². The third kappa shape index (κ3) is 16.2. The molecule has 0 saturated carbocycles. The van der Waals surface area contributed by atoms with E-state index in [0.29, 0.717) is 18.7 Å². The van der Waals surface area contributed by atoms with E-state index in [-0.39, 0.29) is 23.7 Å². The van der Waals surface area contributed by atoms with Crippen molar-refractivity contribution in [2.75, 3.05) is 31.7 Å². The van der Waals surface area contributed by atoms with Crippen LogP contribution in [0.4, 0.5) is 29.7 Å². The molecule has 402 valence electrons. The summed E-state index contributed by atoms with van der Waals surface area (Å²) < 4.78 is 38.7. The number of aryl methyl sites for hydroxylation is 4. The fraction of sp³-hybridized carbons (Fsp3) is 0.283. The minimum Gasteiger partial charge on any atom is -0.453 e. The normalized spacial score (nSPS) is 12.2. The van der Waals surface area contributed by atoms with E-state index in [4.69, 9.17) is 96.0 Å². The molecule has 23 heteroatoms. The van der Waals surface area contributed by atoms with Crippen molar-refractivity contribution in [1.29, 1.82) is 0 Å². The topological polar surface area (TPSA) is 191 Å². The van der Waals surface area contributed by atoms with Gasteiger partial charge in [0, 0.05) is 83.7 Å². The van der Waals surface area contributed by atoms with Crippen molar-refractivity contribution in [1.82, 2.24) is 39.7 Å². The number of anilines is 2. The van der Waals surface area contributed by atoms with E-state index in [1.54, 1.807) is 23.2 Å². The molecule has 8 aromatic rings. The average molecular weight is 1160 g/mol. The quantitative estimate of drug-likeness (QED) is 0.0597. The first kappa shape index (κ1) is 59.1. The third-order valence-electron chi connectivity index (χ3n) is 12.0. The Morgan fingerprint density at radius 1 is 0.671 bits per heavy atom. The minimum absolute atomic E-state index is 0.129. The van der Waals surface area contributed by atoms with Gasteiger partial charge in [-0.05, 0) is 212 Å². The molecule has 0 aliphatic heterocycles. The maximum Gasteiger partial charge on any atom is 0.515 e. The van der Waals surface area contributed by atoms with Gasteiger partial charge in [-0.2, -0.15) is 10.2 Å². The molecule has 15 nitrogen and oxygen atoms in total. The van der Waals surface area contributed by atoms with Gasteiger partial charge in [0.25, 0.3) is 0 Å². The second-order valence-corrected chi connectivity index (χ2v) is 21.8. The van der Waals surface area contributed by atoms with Crippen LogP contribution in [-0.4, -0.2) is 74.8 Å². The Labute approximate surface area is 468 Å². The van der Waals surface area contributed by atoms with Gasteiger partial charge in [0.15, 0.2) is 0 Å². The number of methoxy groups -OCH3 is 1. The highest BCUT2D eigenvalue weighted by Crippen LogP contribution is 2.35. The number of benzene rings is 4. The zero-order valence-corrected chi connectivity index (χ0v) is 46.8. The summed E-state index contributed by atoms with van der Waals surface area (Å²) in [6.07, 6.45) is 3.03. The number of nitrogen functional groups attached to an aromatic ring is 2. The molecule has 4 aromatic heterocycles. The highest BCUT2D eigenvalue weighted by atomic mass is 35.6. The number of nitrogens with one attached hydrogen (secondary N) is 1. The smallest absolute Gasteiger partial charge is 0.453 e. The molecular formula is C53H54Cl6F2N10O5.